The van der Waals surface area contributed by atoms with Gasteiger partial charge in [-0.2, -0.15) is 0 Å². The van der Waals surface area contributed by atoms with E-state index in [0.29, 0.717) is 0 Å². The van der Waals surface area contributed by atoms with E-state index in [-0.39, 0.29) is 6.10 Å². The van der Waals surface area contributed by atoms with Crippen molar-refractivity contribution < 1.29 is 5.11 Å². The number of hydrogen-bond acceptors (Lipinski definition) is 1. The van der Waals surface area contributed by atoms with Gasteiger partial charge in [-0.3, -0.25) is 0 Å². The molecule has 1 saturated carbocycles. The fourth-order valence-electron chi connectivity index (χ4n) is 3.00. The van der Waals surface area contributed by atoms with Crippen molar-refractivity contribution in [1.82, 2.24) is 0 Å². The van der Waals surface area contributed by atoms with Crippen LogP contribution in [0.15, 0.2) is 24.3 Å². The van der Waals surface area contributed by atoms with Crippen LogP contribution in [0.5, 0.6) is 0 Å². The van der Waals surface area contributed by atoms with Crippen molar-refractivity contribution in [3.63, 3.8) is 0 Å². The van der Waals surface area contributed by atoms with E-state index in [2.05, 4.69) is 31.2 Å². The molecule has 1 aliphatic carbocycles. The lowest BCUT2D eigenvalue weighted by atomic mass is 9.84. The molecule has 1 fully saturated rings. The maximum Gasteiger partial charge on any atom is 0.0583 e. The first-order valence-electron chi connectivity index (χ1n) is 6.97. The van der Waals surface area contributed by atoms with Gasteiger partial charge in [-0.25, -0.2) is 0 Å². The first kappa shape index (κ1) is 12.6. The summed E-state index contributed by atoms with van der Waals surface area (Å²) in [6.07, 6.45) is 8.43. The number of aliphatic hydroxyl groups is 1. The zero-order valence-corrected chi connectivity index (χ0v) is 10.9. The minimum atomic E-state index is -0.153. The summed E-state index contributed by atoms with van der Waals surface area (Å²) < 4.78 is 0. The number of benzene rings is 1. The smallest absolute Gasteiger partial charge is 0.0583 e. The van der Waals surface area contributed by atoms with Crippen LogP contribution in [0, 0.1) is 12.8 Å². The van der Waals surface area contributed by atoms with Gasteiger partial charge >= 0.3 is 0 Å². The molecular weight excluding hydrogens is 208 g/mol. The SMILES string of the molecule is Cc1cccc(CC(O)CC2CCCCC2)c1. The Morgan fingerprint density at radius 2 is 2.00 bits per heavy atom. The molecule has 0 spiro atoms. The second kappa shape index (κ2) is 6.20. The van der Waals surface area contributed by atoms with Gasteiger partial charge in [-0.1, -0.05) is 61.9 Å². The van der Waals surface area contributed by atoms with E-state index >= 15 is 0 Å². The van der Waals surface area contributed by atoms with E-state index < -0.39 is 0 Å². The van der Waals surface area contributed by atoms with E-state index in [0.717, 1.165) is 18.8 Å². The lowest BCUT2D eigenvalue weighted by molar-refractivity contribution is 0.130. The highest BCUT2D eigenvalue weighted by atomic mass is 16.3. The minimum Gasteiger partial charge on any atom is -0.393 e. The molecule has 0 saturated heterocycles. The average Bonchev–Trinajstić information content (AvgIpc) is 2.30. The van der Waals surface area contributed by atoms with Crippen LogP contribution in [-0.4, -0.2) is 11.2 Å². The van der Waals surface area contributed by atoms with Gasteiger partial charge < -0.3 is 5.11 Å². The lowest BCUT2D eigenvalue weighted by Crippen LogP contribution is -2.18. The summed E-state index contributed by atoms with van der Waals surface area (Å²) in [5.41, 5.74) is 2.56. The Bertz CT molecular complexity index is 339. The molecule has 0 bridgehead atoms. The summed E-state index contributed by atoms with van der Waals surface area (Å²) in [5, 5.41) is 10.1. The molecule has 1 N–H and O–H groups in total. The average molecular weight is 232 g/mol. The van der Waals surface area contributed by atoms with Crippen molar-refractivity contribution >= 4 is 0 Å². The quantitative estimate of drug-likeness (QED) is 0.835. The third-order valence-electron chi connectivity index (χ3n) is 3.88. The Morgan fingerprint density at radius 3 is 2.71 bits per heavy atom. The summed E-state index contributed by atoms with van der Waals surface area (Å²) in [6, 6.07) is 8.50. The van der Waals surface area contributed by atoms with Crippen LogP contribution in [0.4, 0.5) is 0 Å². The highest BCUT2D eigenvalue weighted by Crippen LogP contribution is 2.28. The Hall–Kier alpha value is -0.820. The van der Waals surface area contributed by atoms with Crippen LogP contribution in [0.1, 0.15) is 49.7 Å². The lowest BCUT2D eigenvalue weighted by Gasteiger charge is -2.24. The standard InChI is InChI=1S/C16H24O/c1-13-6-5-9-15(10-13)12-16(17)11-14-7-3-2-4-8-14/h5-6,9-10,14,16-17H,2-4,7-8,11-12H2,1H3. The largest absolute Gasteiger partial charge is 0.393 e. The van der Waals surface area contributed by atoms with Gasteiger partial charge in [0.2, 0.25) is 0 Å². The van der Waals surface area contributed by atoms with Gasteiger partial charge in [0, 0.05) is 0 Å². The maximum absolute atomic E-state index is 10.1. The van der Waals surface area contributed by atoms with Gasteiger partial charge in [-0.05, 0) is 31.2 Å². The van der Waals surface area contributed by atoms with E-state index in [1.54, 1.807) is 0 Å². The number of hydrogen-bond donors (Lipinski definition) is 1. The molecule has 0 aromatic heterocycles. The summed E-state index contributed by atoms with van der Waals surface area (Å²) in [7, 11) is 0. The zero-order valence-electron chi connectivity index (χ0n) is 10.9. The van der Waals surface area contributed by atoms with Crippen molar-refractivity contribution in [1.29, 1.82) is 0 Å². The van der Waals surface area contributed by atoms with Crippen LogP contribution in [0.25, 0.3) is 0 Å². The molecule has 0 amide bonds. The highest BCUT2D eigenvalue weighted by Gasteiger charge is 2.17. The van der Waals surface area contributed by atoms with Crippen LogP contribution >= 0.6 is 0 Å². The van der Waals surface area contributed by atoms with Crippen LogP contribution in [0.2, 0.25) is 0 Å². The molecule has 1 nitrogen and oxygen atoms in total. The molecule has 94 valence electrons. The molecule has 1 unspecified atom stereocenters. The molecule has 1 heteroatoms. The van der Waals surface area contributed by atoms with Crippen LogP contribution in [0.3, 0.4) is 0 Å². The van der Waals surface area contributed by atoms with Gasteiger partial charge in [0.25, 0.3) is 0 Å². The first-order valence-corrected chi connectivity index (χ1v) is 6.97. The topological polar surface area (TPSA) is 20.2 Å². The van der Waals surface area contributed by atoms with E-state index in [9.17, 15) is 5.11 Å². The summed E-state index contributed by atoms with van der Waals surface area (Å²) in [4.78, 5) is 0. The Morgan fingerprint density at radius 1 is 1.24 bits per heavy atom. The molecule has 1 atom stereocenters. The molecule has 0 aliphatic heterocycles. The van der Waals surface area contributed by atoms with Gasteiger partial charge in [-0.15, -0.1) is 0 Å². The second-order valence-electron chi connectivity index (χ2n) is 5.59. The van der Waals surface area contributed by atoms with Gasteiger partial charge in [0.1, 0.15) is 0 Å². The Labute approximate surface area is 105 Å². The van der Waals surface area contributed by atoms with Crippen molar-refractivity contribution in [3.05, 3.63) is 35.4 Å². The zero-order chi connectivity index (χ0) is 12.1. The van der Waals surface area contributed by atoms with Crippen LogP contribution < -0.4 is 0 Å². The molecular formula is C16H24O. The van der Waals surface area contributed by atoms with Crippen molar-refractivity contribution in [2.75, 3.05) is 0 Å². The molecule has 0 heterocycles. The summed E-state index contributed by atoms with van der Waals surface area (Å²) in [6.45, 7) is 2.11. The predicted octanol–water partition coefficient (Wildman–Crippen LogP) is 3.87. The van der Waals surface area contributed by atoms with Crippen molar-refractivity contribution in [3.8, 4) is 0 Å². The fourth-order valence-corrected chi connectivity index (χ4v) is 3.00. The van der Waals surface area contributed by atoms with Gasteiger partial charge in [0.15, 0.2) is 0 Å². The second-order valence-corrected chi connectivity index (χ2v) is 5.59. The summed E-state index contributed by atoms with van der Waals surface area (Å²) in [5.74, 6) is 0.767. The third kappa shape index (κ3) is 4.16. The molecule has 2 rings (SSSR count). The molecule has 1 aromatic carbocycles. The fraction of sp³-hybridized carbons (Fsp3) is 0.625. The Kier molecular flexibility index (Phi) is 4.61. The van der Waals surface area contributed by atoms with Gasteiger partial charge in [0.05, 0.1) is 6.10 Å². The Balaban J connectivity index is 1.82. The highest BCUT2D eigenvalue weighted by molar-refractivity contribution is 5.22. The predicted molar refractivity (Wildman–Crippen MR) is 72.1 cm³/mol. The van der Waals surface area contributed by atoms with Crippen LogP contribution in [-0.2, 0) is 6.42 Å². The first-order chi connectivity index (χ1) is 8.24. The van der Waals surface area contributed by atoms with E-state index in [4.69, 9.17) is 0 Å². The molecule has 1 aromatic rings. The number of aliphatic hydroxyl groups excluding tert-OH is 1. The molecule has 1 aliphatic rings. The monoisotopic (exact) mass is 232 g/mol. The minimum absolute atomic E-state index is 0.153. The van der Waals surface area contributed by atoms with E-state index in [1.807, 2.05) is 0 Å². The number of aryl methyl sites for hydroxylation is 1. The van der Waals surface area contributed by atoms with E-state index in [1.165, 1.54) is 43.2 Å². The number of rotatable bonds is 4. The maximum atomic E-state index is 10.1. The summed E-state index contributed by atoms with van der Waals surface area (Å²) >= 11 is 0. The van der Waals surface area contributed by atoms with Crippen molar-refractivity contribution in [2.24, 2.45) is 5.92 Å². The molecule has 17 heavy (non-hydrogen) atoms. The normalized spacial score (nSPS) is 19.2. The molecule has 0 radical (unpaired) electrons. The van der Waals surface area contributed by atoms with Crippen molar-refractivity contribution in [2.45, 2.75) is 58.0 Å². The third-order valence-corrected chi connectivity index (χ3v) is 3.88.